The number of nitrogens with zero attached hydrogens (tertiary/aromatic N) is 4. The summed E-state index contributed by atoms with van der Waals surface area (Å²) < 4.78 is 39.8. The maximum Gasteiger partial charge on any atom is 0.361 e. The second-order valence-corrected chi connectivity index (χ2v) is 19.4. The zero-order chi connectivity index (χ0) is 34.8. The minimum absolute atomic E-state index is 0.232. The number of anilines is 1. The molecule has 6 rings (SSSR count). The van der Waals surface area contributed by atoms with Crippen molar-refractivity contribution < 1.29 is 32.7 Å². The van der Waals surface area contributed by atoms with E-state index in [1.807, 2.05) is 42.5 Å². The van der Waals surface area contributed by atoms with Gasteiger partial charge in [0.25, 0.3) is 14.2 Å². The van der Waals surface area contributed by atoms with Crippen molar-refractivity contribution in [3.63, 3.8) is 0 Å². The summed E-state index contributed by atoms with van der Waals surface area (Å²) in [7, 11) is -4.76. The van der Waals surface area contributed by atoms with Gasteiger partial charge in [-0.3, -0.25) is 13.9 Å². The number of carbonyl (C=O) groups is 1. The molecule has 1 aliphatic rings. The molecule has 1 amide bonds. The SMILES string of the molecule is COP(=O)(OC)[C@H](O)[C@H]1O[C@@H](n2cnc3c(NC(=O)c4ccccc4)ncnc32)C[C@@H]1O[Si](c1ccccc1)(c1ccccc1)C(C)(C)C. The van der Waals surface area contributed by atoms with Crippen molar-refractivity contribution in [3.05, 3.63) is 109 Å². The van der Waals surface area contributed by atoms with Crippen molar-refractivity contribution >= 4 is 49.2 Å². The molecular formula is C35H40N5O7PSi. The molecule has 2 N–H and O–H groups in total. The third-order valence-electron chi connectivity index (χ3n) is 8.92. The summed E-state index contributed by atoms with van der Waals surface area (Å²) in [6.07, 6.45) is 0.449. The molecule has 3 aromatic carbocycles. The van der Waals surface area contributed by atoms with Gasteiger partial charge >= 0.3 is 7.60 Å². The second-order valence-electron chi connectivity index (χ2n) is 12.8. The van der Waals surface area contributed by atoms with Crippen LogP contribution in [0.15, 0.2) is 104 Å². The molecular weight excluding hydrogens is 661 g/mol. The number of aliphatic hydroxyl groups is 1. The molecule has 0 unspecified atom stereocenters. The van der Waals surface area contributed by atoms with E-state index in [4.69, 9.17) is 18.2 Å². The smallest absolute Gasteiger partial charge is 0.361 e. The van der Waals surface area contributed by atoms with Crippen molar-refractivity contribution in [2.75, 3.05) is 19.5 Å². The zero-order valence-electron chi connectivity index (χ0n) is 28.0. The Balaban J connectivity index is 1.42. The van der Waals surface area contributed by atoms with Crippen LogP contribution in [0, 0.1) is 0 Å². The quantitative estimate of drug-likeness (QED) is 0.141. The van der Waals surface area contributed by atoms with Gasteiger partial charge in [0.2, 0.25) is 0 Å². The summed E-state index contributed by atoms with van der Waals surface area (Å²) in [5.74, 6) is -1.79. The second kappa shape index (κ2) is 14.0. The number of hydrogen-bond acceptors (Lipinski definition) is 10. The van der Waals surface area contributed by atoms with Crippen LogP contribution in [0.1, 0.15) is 43.8 Å². The van der Waals surface area contributed by atoms with Crippen LogP contribution in [0.4, 0.5) is 5.82 Å². The van der Waals surface area contributed by atoms with Gasteiger partial charge in [-0.2, -0.15) is 0 Å². The lowest BCUT2D eigenvalue weighted by atomic mass is 10.2. The van der Waals surface area contributed by atoms with Crippen LogP contribution in [-0.4, -0.2) is 71.1 Å². The van der Waals surface area contributed by atoms with E-state index in [0.29, 0.717) is 16.7 Å². The fourth-order valence-corrected chi connectivity index (χ4v) is 12.4. The first-order valence-electron chi connectivity index (χ1n) is 15.9. The monoisotopic (exact) mass is 701 g/mol. The van der Waals surface area contributed by atoms with Crippen molar-refractivity contribution in [1.82, 2.24) is 19.5 Å². The highest BCUT2D eigenvalue weighted by Crippen LogP contribution is 2.55. The van der Waals surface area contributed by atoms with Crippen LogP contribution in [0.2, 0.25) is 5.04 Å². The molecule has 12 nitrogen and oxygen atoms in total. The molecule has 4 atom stereocenters. The Bertz CT molecular complexity index is 1890. The maximum absolute atomic E-state index is 13.7. The number of imidazole rings is 1. The largest absolute Gasteiger partial charge is 0.402 e. The van der Waals surface area contributed by atoms with Crippen molar-refractivity contribution in [1.29, 1.82) is 0 Å². The Morgan fingerprint density at radius 2 is 1.51 bits per heavy atom. The average Bonchev–Trinajstić information content (AvgIpc) is 3.75. The van der Waals surface area contributed by atoms with Crippen molar-refractivity contribution in [2.24, 2.45) is 0 Å². The molecule has 256 valence electrons. The van der Waals surface area contributed by atoms with Crippen LogP contribution >= 0.6 is 7.60 Å². The van der Waals surface area contributed by atoms with E-state index in [9.17, 15) is 14.5 Å². The number of aromatic nitrogens is 4. The van der Waals surface area contributed by atoms with E-state index in [2.05, 4.69) is 65.3 Å². The fourth-order valence-electron chi connectivity index (χ4n) is 6.53. The van der Waals surface area contributed by atoms with Crippen LogP contribution in [-0.2, 0) is 22.8 Å². The van der Waals surface area contributed by atoms with E-state index < -0.39 is 45.2 Å². The Kier molecular flexibility index (Phi) is 9.97. The van der Waals surface area contributed by atoms with Gasteiger partial charge < -0.3 is 28.6 Å². The highest BCUT2D eigenvalue weighted by molar-refractivity contribution is 7.54. The molecule has 2 aromatic heterocycles. The minimum atomic E-state index is -4.05. The van der Waals surface area contributed by atoms with Gasteiger partial charge in [0.15, 0.2) is 22.8 Å². The van der Waals surface area contributed by atoms with E-state index in [1.54, 1.807) is 35.2 Å². The maximum atomic E-state index is 13.7. The van der Waals surface area contributed by atoms with Crippen molar-refractivity contribution in [3.8, 4) is 0 Å². The predicted molar refractivity (Wildman–Crippen MR) is 188 cm³/mol. The first-order valence-corrected chi connectivity index (χ1v) is 19.4. The third kappa shape index (κ3) is 6.51. The summed E-state index contributed by atoms with van der Waals surface area (Å²) in [5, 5.41) is 16.2. The number of amides is 1. The van der Waals surface area contributed by atoms with E-state index in [-0.39, 0.29) is 18.1 Å². The first-order chi connectivity index (χ1) is 23.5. The van der Waals surface area contributed by atoms with Gasteiger partial charge in [-0.15, -0.1) is 0 Å². The number of benzene rings is 3. The Morgan fingerprint density at radius 3 is 2.06 bits per heavy atom. The van der Waals surface area contributed by atoms with Crippen LogP contribution in [0.25, 0.3) is 11.2 Å². The van der Waals surface area contributed by atoms with Gasteiger partial charge in [-0.25, -0.2) is 15.0 Å². The zero-order valence-corrected chi connectivity index (χ0v) is 29.9. The average molecular weight is 702 g/mol. The minimum Gasteiger partial charge on any atom is -0.402 e. The van der Waals surface area contributed by atoms with Gasteiger partial charge in [-0.1, -0.05) is 99.6 Å². The lowest BCUT2D eigenvalue weighted by Crippen LogP contribution is -2.68. The van der Waals surface area contributed by atoms with Crippen LogP contribution in [0.3, 0.4) is 0 Å². The highest BCUT2D eigenvalue weighted by Gasteiger charge is 2.57. The lowest BCUT2D eigenvalue weighted by molar-refractivity contribution is -0.0610. The summed E-state index contributed by atoms with van der Waals surface area (Å²) in [6, 6.07) is 29.0. The number of aliphatic hydroxyl groups excluding tert-OH is 1. The topological polar surface area (TPSA) is 147 Å². The summed E-state index contributed by atoms with van der Waals surface area (Å²) in [4.78, 5) is 26.2. The number of fused-ring (bicyclic) bond motifs is 1. The van der Waals surface area contributed by atoms with Gasteiger partial charge in [-0.05, 0) is 27.5 Å². The molecule has 1 aliphatic heterocycles. The number of ether oxygens (including phenoxy) is 1. The van der Waals surface area contributed by atoms with E-state index in [0.717, 1.165) is 10.4 Å². The summed E-state index contributed by atoms with van der Waals surface area (Å²) in [6.45, 7) is 6.45. The molecule has 0 radical (unpaired) electrons. The molecule has 49 heavy (non-hydrogen) atoms. The molecule has 1 fully saturated rings. The van der Waals surface area contributed by atoms with Gasteiger partial charge in [0.05, 0.1) is 12.4 Å². The van der Waals surface area contributed by atoms with Crippen molar-refractivity contribution in [2.45, 2.75) is 56.5 Å². The Hall–Kier alpha value is -4.07. The van der Waals surface area contributed by atoms with E-state index in [1.165, 1.54) is 20.5 Å². The molecule has 0 spiro atoms. The Labute approximate surface area is 286 Å². The molecule has 5 aromatic rings. The van der Waals surface area contributed by atoms with Gasteiger partial charge in [0, 0.05) is 26.2 Å². The predicted octanol–water partition coefficient (Wildman–Crippen LogP) is 5.12. The molecule has 0 aliphatic carbocycles. The Morgan fingerprint density at radius 1 is 0.939 bits per heavy atom. The summed E-state index contributed by atoms with van der Waals surface area (Å²) >= 11 is 0. The number of rotatable bonds is 11. The third-order valence-corrected chi connectivity index (χ3v) is 15.9. The summed E-state index contributed by atoms with van der Waals surface area (Å²) in [5.41, 5.74) is 1.21. The molecule has 3 heterocycles. The highest BCUT2D eigenvalue weighted by atomic mass is 31.2. The first kappa shape index (κ1) is 34.8. The molecule has 14 heteroatoms. The lowest BCUT2D eigenvalue weighted by Gasteiger charge is -2.45. The van der Waals surface area contributed by atoms with E-state index >= 15 is 0 Å². The fraction of sp³-hybridized carbons (Fsp3) is 0.314. The number of carbonyl (C=O) groups excluding carboxylic acids is 1. The van der Waals surface area contributed by atoms with Crippen LogP contribution < -0.4 is 15.7 Å². The molecule has 0 saturated carbocycles. The van der Waals surface area contributed by atoms with Crippen LogP contribution in [0.5, 0.6) is 0 Å². The molecule has 1 saturated heterocycles. The van der Waals surface area contributed by atoms with Gasteiger partial charge in [0.1, 0.15) is 18.7 Å². The molecule has 0 bridgehead atoms. The number of hydrogen-bond donors (Lipinski definition) is 2. The normalized spacial score (nSPS) is 19.2. The number of nitrogens with one attached hydrogen (secondary N) is 1. The standard InChI is InChI=1S/C35H40N5O7PSi/c1-35(2,3)49(25-17-11-7-12-18-25,26-19-13-8-14-20-26)47-27-21-28(46-30(27)34(42)48(43,44-4)45-5)40-23-38-29-31(36-22-37-32(29)40)39-33(41)24-15-9-6-10-16-24/h6-20,22-23,27-28,30,34,42H,21H2,1-5H3,(H,36,37,39,41)/t27-,28+,30-,34-/m0/s1.